The van der Waals surface area contributed by atoms with Crippen molar-refractivity contribution in [3.05, 3.63) is 76.8 Å². The Kier molecular flexibility index (Phi) is 5.31. The zero-order valence-electron chi connectivity index (χ0n) is 15.7. The molecule has 1 aliphatic rings. The highest BCUT2D eigenvalue weighted by molar-refractivity contribution is 7.90. The van der Waals surface area contributed by atoms with Crippen LogP contribution in [0.3, 0.4) is 0 Å². The molecule has 0 radical (unpaired) electrons. The number of sulfonamides is 1. The summed E-state index contributed by atoms with van der Waals surface area (Å²) >= 11 is 6.10. The Morgan fingerprint density at radius 3 is 2.73 bits per heavy atom. The fourth-order valence-electron chi connectivity index (χ4n) is 2.85. The van der Waals surface area contributed by atoms with E-state index in [9.17, 15) is 12.8 Å². The Labute approximate surface area is 177 Å². The van der Waals surface area contributed by atoms with Gasteiger partial charge in [-0.15, -0.1) is 0 Å². The third kappa shape index (κ3) is 3.94. The monoisotopic (exact) mass is 446 g/mol. The van der Waals surface area contributed by atoms with Gasteiger partial charge in [0.15, 0.2) is 11.6 Å². The van der Waals surface area contributed by atoms with Gasteiger partial charge in [-0.05, 0) is 42.8 Å². The summed E-state index contributed by atoms with van der Waals surface area (Å²) in [5, 5.41) is 3.07. The molecule has 10 heteroatoms. The molecule has 0 saturated carbocycles. The van der Waals surface area contributed by atoms with Crippen molar-refractivity contribution in [2.24, 2.45) is 4.99 Å². The zero-order valence-corrected chi connectivity index (χ0v) is 17.3. The first-order valence-electron chi connectivity index (χ1n) is 8.85. The molecule has 7 nitrogen and oxygen atoms in total. The molecule has 0 atom stereocenters. The predicted octanol–water partition coefficient (Wildman–Crippen LogP) is 4.23. The number of hydrogen-bond acceptors (Lipinski definition) is 5. The first kappa shape index (κ1) is 20.1. The summed E-state index contributed by atoms with van der Waals surface area (Å²) in [6.07, 6.45) is 1.63. The van der Waals surface area contributed by atoms with Gasteiger partial charge in [-0.2, -0.15) is 0 Å². The van der Waals surface area contributed by atoms with Gasteiger partial charge in [-0.3, -0.25) is 4.98 Å². The molecule has 30 heavy (non-hydrogen) atoms. The van der Waals surface area contributed by atoms with Gasteiger partial charge in [0.05, 0.1) is 17.3 Å². The number of ether oxygens (including phenoxy) is 1. The van der Waals surface area contributed by atoms with E-state index in [2.05, 4.69) is 20.0 Å². The van der Waals surface area contributed by atoms with E-state index in [4.69, 9.17) is 16.3 Å². The quantitative estimate of drug-likeness (QED) is 0.625. The molecular formula is C20H16ClFN4O3S. The smallest absolute Gasteiger partial charge is 0.266 e. The van der Waals surface area contributed by atoms with E-state index in [-0.39, 0.29) is 39.6 Å². The Morgan fingerprint density at radius 2 is 1.97 bits per heavy atom. The van der Waals surface area contributed by atoms with Crippen molar-refractivity contribution in [3.8, 4) is 11.5 Å². The zero-order chi connectivity index (χ0) is 21.3. The highest BCUT2D eigenvalue weighted by Gasteiger charge is 2.31. The van der Waals surface area contributed by atoms with Gasteiger partial charge < -0.3 is 10.1 Å². The summed E-state index contributed by atoms with van der Waals surface area (Å²) in [5.41, 5.74) is 1.53. The van der Waals surface area contributed by atoms with Crippen molar-refractivity contribution >= 4 is 33.3 Å². The Bertz CT molecular complexity index is 1260. The van der Waals surface area contributed by atoms with Crippen LogP contribution >= 0.6 is 11.6 Å². The number of benzene rings is 2. The third-order valence-corrected chi connectivity index (χ3v) is 6.08. The number of aryl methyl sites for hydroxylation is 1. The summed E-state index contributed by atoms with van der Waals surface area (Å²) in [6, 6.07) is 12.3. The van der Waals surface area contributed by atoms with Gasteiger partial charge in [0, 0.05) is 6.20 Å². The van der Waals surface area contributed by atoms with Gasteiger partial charge in [-0.1, -0.05) is 29.8 Å². The van der Waals surface area contributed by atoms with E-state index in [1.807, 2.05) is 13.0 Å². The molecule has 0 fully saturated rings. The van der Waals surface area contributed by atoms with Crippen molar-refractivity contribution in [3.63, 3.8) is 0 Å². The molecule has 2 heterocycles. The molecule has 1 aromatic heterocycles. The number of para-hydroxylation sites is 1. The molecular weight excluding hydrogens is 431 g/mol. The second kappa shape index (κ2) is 7.92. The standard InChI is InChI=1S/C20H16ClFN4O3S/c1-12-5-4-10-23-15(12)11-24-20-25-18-17(30(27,28)26-20)9-8-14(22)19(18)29-16-7-3-2-6-13(16)21/h2-10H,11H2,1H3,(H2,24,25,26). The minimum Gasteiger partial charge on any atom is -0.450 e. The summed E-state index contributed by atoms with van der Waals surface area (Å²) in [6.45, 7) is 2.00. The van der Waals surface area contributed by atoms with E-state index in [1.54, 1.807) is 36.5 Å². The van der Waals surface area contributed by atoms with Crippen LogP contribution in [0.5, 0.6) is 11.5 Å². The summed E-state index contributed by atoms with van der Waals surface area (Å²) in [7, 11) is -3.99. The van der Waals surface area contributed by atoms with Gasteiger partial charge in [-0.25, -0.2) is 22.5 Å². The van der Waals surface area contributed by atoms with Crippen molar-refractivity contribution in [2.75, 3.05) is 5.32 Å². The van der Waals surface area contributed by atoms with Crippen LogP contribution in [0.1, 0.15) is 11.3 Å². The van der Waals surface area contributed by atoms with Crippen molar-refractivity contribution in [2.45, 2.75) is 18.4 Å². The second-order valence-corrected chi connectivity index (χ2v) is 8.50. The van der Waals surface area contributed by atoms with Crippen LogP contribution in [0.15, 0.2) is 64.6 Å². The molecule has 0 saturated heterocycles. The predicted molar refractivity (Wildman–Crippen MR) is 112 cm³/mol. The molecule has 0 aliphatic carbocycles. The highest BCUT2D eigenvalue weighted by atomic mass is 35.5. The molecule has 3 aromatic rings. The largest absolute Gasteiger partial charge is 0.450 e. The fraction of sp³-hybridized carbons (Fsp3) is 0.100. The molecule has 2 N–H and O–H groups in total. The number of aliphatic imine (C=N–C) groups is 1. The van der Waals surface area contributed by atoms with Crippen molar-refractivity contribution < 1.29 is 17.5 Å². The van der Waals surface area contributed by atoms with Crippen LogP contribution in [0.2, 0.25) is 5.02 Å². The van der Waals surface area contributed by atoms with Crippen LogP contribution in [-0.2, 0) is 16.6 Å². The maximum absolute atomic E-state index is 14.6. The van der Waals surface area contributed by atoms with Crippen LogP contribution in [-0.4, -0.2) is 19.4 Å². The first-order valence-corrected chi connectivity index (χ1v) is 10.7. The Hall–Kier alpha value is -3.17. The summed E-state index contributed by atoms with van der Waals surface area (Å²) in [5.74, 6) is -0.931. The first-order chi connectivity index (χ1) is 14.3. The number of pyridine rings is 1. The number of nitrogens with one attached hydrogen (secondary N) is 2. The number of guanidine groups is 1. The average molecular weight is 447 g/mol. The Morgan fingerprint density at radius 1 is 1.17 bits per heavy atom. The maximum Gasteiger partial charge on any atom is 0.266 e. The lowest BCUT2D eigenvalue weighted by Gasteiger charge is -2.24. The number of rotatable bonds is 4. The van der Waals surface area contributed by atoms with Gasteiger partial charge in [0.25, 0.3) is 10.0 Å². The van der Waals surface area contributed by atoms with Crippen LogP contribution < -0.4 is 14.8 Å². The van der Waals surface area contributed by atoms with Gasteiger partial charge in [0.2, 0.25) is 5.96 Å². The normalized spacial score (nSPS) is 15.8. The lowest BCUT2D eigenvalue weighted by atomic mass is 10.2. The van der Waals surface area contributed by atoms with Crippen molar-refractivity contribution in [1.29, 1.82) is 0 Å². The number of nitrogens with zero attached hydrogens (tertiary/aromatic N) is 2. The number of aromatic nitrogens is 1. The lowest BCUT2D eigenvalue weighted by Crippen LogP contribution is -2.41. The van der Waals surface area contributed by atoms with Crippen LogP contribution in [0, 0.1) is 12.7 Å². The molecule has 0 spiro atoms. The van der Waals surface area contributed by atoms with E-state index < -0.39 is 15.8 Å². The minimum absolute atomic E-state index is 0.0647. The maximum atomic E-state index is 14.6. The number of hydrogen-bond donors (Lipinski definition) is 2. The average Bonchev–Trinajstić information content (AvgIpc) is 2.70. The molecule has 0 bridgehead atoms. The molecule has 1 aliphatic heterocycles. The molecule has 154 valence electrons. The van der Waals surface area contributed by atoms with E-state index in [0.29, 0.717) is 5.69 Å². The number of fused-ring (bicyclic) bond motifs is 1. The second-order valence-electron chi connectivity index (χ2n) is 6.44. The number of anilines is 1. The lowest BCUT2D eigenvalue weighted by molar-refractivity contribution is 0.443. The minimum atomic E-state index is -3.99. The molecule has 0 amide bonds. The van der Waals surface area contributed by atoms with E-state index >= 15 is 0 Å². The third-order valence-electron chi connectivity index (χ3n) is 4.39. The van der Waals surface area contributed by atoms with E-state index in [1.165, 1.54) is 0 Å². The van der Waals surface area contributed by atoms with Gasteiger partial charge >= 0.3 is 0 Å². The van der Waals surface area contributed by atoms with Crippen LogP contribution in [0.25, 0.3) is 0 Å². The van der Waals surface area contributed by atoms with Gasteiger partial charge in [0.1, 0.15) is 16.3 Å². The van der Waals surface area contributed by atoms with Crippen molar-refractivity contribution in [1.82, 2.24) is 9.71 Å². The Balaban J connectivity index is 1.74. The van der Waals surface area contributed by atoms with Crippen LogP contribution in [0.4, 0.5) is 10.1 Å². The molecule has 4 rings (SSSR count). The SMILES string of the molecule is Cc1cccnc1CN=C1Nc2c(ccc(F)c2Oc2ccccc2Cl)S(=O)(=O)N1. The highest BCUT2D eigenvalue weighted by Crippen LogP contribution is 2.40. The molecule has 2 aromatic carbocycles. The topological polar surface area (TPSA) is 92.7 Å². The molecule has 0 unspecified atom stereocenters. The van der Waals surface area contributed by atoms with E-state index in [0.717, 1.165) is 17.7 Å². The summed E-state index contributed by atoms with van der Waals surface area (Å²) < 4.78 is 48.0. The summed E-state index contributed by atoms with van der Waals surface area (Å²) in [4.78, 5) is 8.31. The fourth-order valence-corrected chi connectivity index (χ4v) is 4.17. The number of halogens is 2.